The lowest BCUT2D eigenvalue weighted by Crippen LogP contribution is -2.38. The molecule has 1 N–H and O–H groups in total. The lowest BCUT2D eigenvalue weighted by Gasteiger charge is -2.45. The molecule has 132 valence electrons. The van der Waals surface area contributed by atoms with Crippen molar-refractivity contribution in [2.75, 3.05) is 11.9 Å². The number of rotatable bonds is 1. The van der Waals surface area contributed by atoms with E-state index in [1.165, 1.54) is 12.1 Å². The summed E-state index contributed by atoms with van der Waals surface area (Å²) < 4.78 is 45.4. The lowest BCUT2D eigenvalue weighted by atomic mass is 9.75. The molecule has 1 fully saturated rings. The van der Waals surface area contributed by atoms with Crippen LogP contribution in [0, 0.1) is 11.8 Å². The molecular formula is C20H20F3NO. The predicted octanol–water partition coefficient (Wildman–Crippen LogP) is 5.59. The fourth-order valence-electron chi connectivity index (χ4n) is 4.05. The SMILES string of the molecule is CC1COC2c3cc(C(F)(F)F)ccc3NC(c3ccccc3)C2C1. The molecule has 0 aromatic heterocycles. The molecule has 4 unspecified atom stereocenters. The second kappa shape index (κ2) is 6.06. The molecule has 0 amide bonds. The smallest absolute Gasteiger partial charge is 0.378 e. The lowest BCUT2D eigenvalue weighted by molar-refractivity contribution is -0.137. The third-order valence-electron chi connectivity index (χ3n) is 5.21. The molecule has 25 heavy (non-hydrogen) atoms. The maximum absolute atomic E-state index is 13.1. The minimum Gasteiger partial charge on any atom is -0.378 e. The van der Waals surface area contributed by atoms with Gasteiger partial charge < -0.3 is 10.1 Å². The number of benzene rings is 2. The zero-order chi connectivity index (χ0) is 17.6. The van der Waals surface area contributed by atoms with Crippen molar-refractivity contribution in [1.82, 2.24) is 0 Å². The van der Waals surface area contributed by atoms with Crippen molar-refractivity contribution >= 4 is 5.69 Å². The number of fused-ring (bicyclic) bond motifs is 3. The van der Waals surface area contributed by atoms with E-state index in [-0.39, 0.29) is 18.1 Å². The standard InChI is InChI=1S/C20H20F3NO/c1-12-9-16-18(13-5-3-2-4-6-13)24-17-8-7-14(20(21,22)23)10-15(17)19(16)25-11-12/h2-8,10,12,16,18-19,24H,9,11H2,1H3. The van der Waals surface area contributed by atoms with E-state index in [4.69, 9.17) is 4.74 Å². The highest BCUT2D eigenvalue weighted by molar-refractivity contribution is 5.58. The van der Waals surface area contributed by atoms with Crippen molar-refractivity contribution in [3.05, 3.63) is 65.2 Å². The van der Waals surface area contributed by atoms with Crippen LogP contribution >= 0.6 is 0 Å². The number of hydrogen-bond donors (Lipinski definition) is 1. The fraction of sp³-hybridized carbons (Fsp3) is 0.400. The number of anilines is 1. The molecule has 1 saturated heterocycles. The van der Waals surface area contributed by atoms with Crippen molar-refractivity contribution in [1.29, 1.82) is 0 Å². The highest BCUT2D eigenvalue weighted by Gasteiger charge is 2.42. The first-order chi connectivity index (χ1) is 11.9. The molecular weight excluding hydrogens is 327 g/mol. The molecule has 0 radical (unpaired) electrons. The van der Waals surface area contributed by atoms with Gasteiger partial charge in [0.25, 0.3) is 0 Å². The molecule has 2 aromatic carbocycles. The Morgan fingerprint density at radius 1 is 1.08 bits per heavy atom. The van der Waals surface area contributed by atoms with Crippen LogP contribution in [0.3, 0.4) is 0 Å². The van der Waals surface area contributed by atoms with E-state index in [0.29, 0.717) is 18.1 Å². The van der Waals surface area contributed by atoms with E-state index in [2.05, 4.69) is 24.4 Å². The van der Waals surface area contributed by atoms with Gasteiger partial charge in [-0.1, -0.05) is 37.3 Å². The van der Waals surface area contributed by atoms with Gasteiger partial charge in [0.05, 0.1) is 17.7 Å². The Kier molecular flexibility index (Phi) is 3.99. The van der Waals surface area contributed by atoms with Gasteiger partial charge in [-0.25, -0.2) is 0 Å². The Morgan fingerprint density at radius 3 is 2.56 bits per heavy atom. The van der Waals surface area contributed by atoms with E-state index in [1.807, 2.05) is 18.2 Å². The quantitative estimate of drug-likeness (QED) is 0.726. The number of ether oxygens (including phenoxy) is 1. The molecule has 0 bridgehead atoms. The summed E-state index contributed by atoms with van der Waals surface area (Å²) in [6.07, 6.45) is -3.73. The summed E-state index contributed by atoms with van der Waals surface area (Å²) in [7, 11) is 0. The second-order valence-corrected chi connectivity index (χ2v) is 7.09. The van der Waals surface area contributed by atoms with Crippen LogP contribution in [-0.4, -0.2) is 6.61 Å². The molecule has 5 heteroatoms. The minimum absolute atomic E-state index is 0.0400. The van der Waals surface area contributed by atoms with Gasteiger partial charge in [0, 0.05) is 23.8 Å². The maximum atomic E-state index is 13.1. The van der Waals surface area contributed by atoms with Crippen molar-refractivity contribution in [2.45, 2.75) is 31.7 Å². The van der Waals surface area contributed by atoms with Gasteiger partial charge in [-0.15, -0.1) is 0 Å². The van der Waals surface area contributed by atoms with Crippen LogP contribution in [0.25, 0.3) is 0 Å². The van der Waals surface area contributed by atoms with Crippen LogP contribution in [0.2, 0.25) is 0 Å². The van der Waals surface area contributed by atoms with E-state index in [0.717, 1.165) is 23.7 Å². The van der Waals surface area contributed by atoms with Gasteiger partial charge in [0.2, 0.25) is 0 Å². The largest absolute Gasteiger partial charge is 0.416 e. The van der Waals surface area contributed by atoms with Gasteiger partial charge in [-0.2, -0.15) is 13.2 Å². The van der Waals surface area contributed by atoms with Gasteiger partial charge >= 0.3 is 6.18 Å². The summed E-state index contributed by atoms with van der Waals surface area (Å²) >= 11 is 0. The Bertz CT molecular complexity index is 759. The Hall–Kier alpha value is -2.01. The predicted molar refractivity (Wildman–Crippen MR) is 90.2 cm³/mol. The molecule has 2 aliphatic rings. The van der Waals surface area contributed by atoms with Crippen LogP contribution in [-0.2, 0) is 10.9 Å². The van der Waals surface area contributed by atoms with Crippen LogP contribution in [0.5, 0.6) is 0 Å². The summed E-state index contributed by atoms with van der Waals surface area (Å²) in [6.45, 7) is 2.71. The number of halogens is 3. The summed E-state index contributed by atoms with van der Waals surface area (Å²) in [5, 5.41) is 3.46. The summed E-state index contributed by atoms with van der Waals surface area (Å²) in [5.74, 6) is 0.503. The number of hydrogen-bond acceptors (Lipinski definition) is 2. The molecule has 4 rings (SSSR count). The average Bonchev–Trinajstić information content (AvgIpc) is 2.60. The molecule has 2 nitrogen and oxygen atoms in total. The molecule has 2 aliphatic heterocycles. The van der Waals surface area contributed by atoms with Crippen LogP contribution in [0.1, 0.15) is 42.2 Å². The first kappa shape index (κ1) is 16.5. The normalized spacial score (nSPS) is 28.6. The molecule has 4 atom stereocenters. The van der Waals surface area contributed by atoms with Gasteiger partial charge in [0.15, 0.2) is 0 Å². The summed E-state index contributed by atoms with van der Waals surface area (Å²) in [4.78, 5) is 0. The molecule has 0 aliphatic carbocycles. The van der Waals surface area contributed by atoms with E-state index in [9.17, 15) is 13.2 Å². The van der Waals surface area contributed by atoms with Crippen molar-refractivity contribution < 1.29 is 17.9 Å². The van der Waals surface area contributed by atoms with Crippen LogP contribution in [0.15, 0.2) is 48.5 Å². The molecule has 0 saturated carbocycles. The van der Waals surface area contributed by atoms with Gasteiger partial charge in [-0.05, 0) is 36.1 Å². The Labute approximate surface area is 145 Å². The molecule has 2 heterocycles. The van der Waals surface area contributed by atoms with Crippen LogP contribution in [0.4, 0.5) is 18.9 Å². The van der Waals surface area contributed by atoms with Crippen molar-refractivity contribution in [2.24, 2.45) is 11.8 Å². The monoisotopic (exact) mass is 347 g/mol. The zero-order valence-electron chi connectivity index (χ0n) is 13.9. The summed E-state index contributed by atoms with van der Waals surface area (Å²) in [5.41, 5.74) is 1.88. The van der Waals surface area contributed by atoms with E-state index in [1.54, 1.807) is 0 Å². The minimum atomic E-state index is -4.34. The van der Waals surface area contributed by atoms with Gasteiger partial charge in [-0.3, -0.25) is 0 Å². The first-order valence-electron chi connectivity index (χ1n) is 8.57. The highest BCUT2D eigenvalue weighted by atomic mass is 19.4. The van der Waals surface area contributed by atoms with E-state index < -0.39 is 11.7 Å². The van der Waals surface area contributed by atoms with Crippen molar-refractivity contribution in [3.63, 3.8) is 0 Å². The topological polar surface area (TPSA) is 21.3 Å². The highest BCUT2D eigenvalue weighted by Crippen LogP contribution is 2.50. The molecule has 2 aromatic rings. The Balaban J connectivity index is 1.78. The summed E-state index contributed by atoms with van der Waals surface area (Å²) in [6, 6.07) is 14.0. The van der Waals surface area contributed by atoms with Gasteiger partial charge in [0.1, 0.15) is 0 Å². The van der Waals surface area contributed by atoms with Crippen molar-refractivity contribution in [3.8, 4) is 0 Å². The Morgan fingerprint density at radius 2 is 1.84 bits per heavy atom. The maximum Gasteiger partial charge on any atom is 0.416 e. The third-order valence-corrected chi connectivity index (χ3v) is 5.21. The second-order valence-electron chi connectivity index (χ2n) is 7.09. The van der Waals surface area contributed by atoms with Crippen LogP contribution < -0.4 is 5.32 Å². The first-order valence-corrected chi connectivity index (χ1v) is 8.57. The number of nitrogens with one attached hydrogen (secondary N) is 1. The zero-order valence-corrected chi connectivity index (χ0v) is 13.9. The fourth-order valence-corrected chi connectivity index (χ4v) is 4.05. The molecule has 0 spiro atoms. The number of alkyl halides is 3. The average molecular weight is 347 g/mol. The van der Waals surface area contributed by atoms with E-state index >= 15 is 0 Å². The third kappa shape index (κ3) is 3.01.